The second-order valence-corrected chi connectivity index (χ2v) is 6.46. The van der Waals surface area contributed by atoms with Gasteiger partial charge in [0.2, 0.25) is 0 Å². The molecule has 2 bridgehead atoms. The number of hydrogen-bond donors (Lipinski definition) is 1. The molecule has 3 aliphatic rings. The number of likely N-dealkylation sites (tertiary alicyclic amines) is 1. The lowest BCUT2D eigenvalue weighted by Crippen LogP contribution is -2.51. The van der Waals surface area contributed by atoms with Gasteiger partial charge in [-0.3, -0.25) is 0 Å². The maximum absolute atomic E-state index is 3.95. The molecule has 3 rings (SSSR count). The van der Waals surface area contributed by atoms with E-state index < -0.39 is 0 Å². The Kier molecular flexibility index (Phi) is 3.42. The molecule has 0 aromatic rings. The highest BCUT2D eigenvalue weighted by Gasteiger charge is 2.38. The molecule has 0 spiro atoms. The molecule has 0 radical (unpaired) electrons. The lowest BCUT2D eigenvalue weighted by atomic mass is 9.95. The second-order valence-electron chi connectivity index (χ2n) is 6.46. The van der Waals surface area contributed by atoms with Crippen molar-refractivity contribution in [2.75, 3.05) is 27.2 Å². The first-order valence-electron chi connectivity index (χ1n) is 7.39. The lowest BCUT2D eigenvalue weighted by Gasteiger charge is -2.39. The Morgan fingerprint density at radius 2 is 1.41 bits per heavy atom. The molecule has 17 heavy (non-hydrogen) atoms. The van der Waals surface area contributed by atoms with Crippen molar-refractivity contribution in [1.82, 2.24) is 15.1 Å². The van der Waals surface area contributed by atoms with E-state index >= 15 is 0 Å². The summed E-state index contributed by atoms with van der Waals surface area (Å²) in [6.45, 7) is 2.55. The van der Waals surface area contributed by atoms with Crippen molar-refractivity contribution >= 4 is 0 Å². The number of nitrogens with one attached hydrogen (secondary N) is 1. The molecule has 1 N–H and O–H groups in total. The minimum atomic E-state index is 0.791. The largest absolute Gasteiger partial charge is 0.311 e. The third kappa shape index (κ3) is 2.51. The Labute approximate surface area is 106 Å². The van der Waals surface area contributed by atoms with E-state index in [2.05, 4.69) is 29.2 Å². The molecule has 3 aliphatic heterocycles. The standard InChI is InChI=1S/C14H27N3/c1-16-7-5-11(6-8-16)15-12-9-13-3-4-14(10-12)17(13)2/h11-15H,3-10H2,1-2H3. The Hall–Kier alpha value is -0.120. The summed E-state index contributed by atoms with van der Waals surface area (Å²) >= 11 is 0. The maximum atomic E-state index is 3.95. The summed E-state index contributed by atoms with van der Waals surface area (Å²) in [4.78, 5) is 5.09. The van der Waals surface area contributed by atoms with Gasteiger partial charge in [-0.1, -0.05) is 0 Å². The van der Waals surface area contributed by atoms with Gasteiger partial charge >= 0.3 is 0 Å². The molecule has 0 aromatic carbocycles. The van der Waals surface area contributed by atoms with Gasteiger partial charge in [0.1, 0.15) is 0 Å². The molecule has 3 saturated heterocycles. The van der Waals surface area contributed by atoms with Gasteiger partial charge in [0, 0.05) is 24.2 Å². The Morgan fingerprint density at radius 1 is 0.824 bits per heavy atom. The maximum Gasteiger partial charge on any atom is 0.0111 e. The molecule has 2 atom stereocenters. The van der Waals surface area contributed by atoms with E-state index in [1.54, 1.807) is 0 Å². The minimum absolute atomic E-state index is 0.791. The van der Waals surface area contributed by atoms with E-state index in [4.69, 9.17) is 0 Å². The summed E-state index contributed by atoms with van der Waals surface area (Å²) in [5.41, 5.74) is 0. The number of rotatable bonds is 2. The third-order valence-electron chi connectivity index (χ3n) is 5.29. The number of piperidine rings is 2. The summed E-state index contributed by atoms with van der Waals surface area (Å²) in [5, 5.41) is 3.95. The normalized spacial score (nSPS) is 40.9. The molecule has 98 valence electrons. The smallest absolute Gasteiger partial charge is 0.0111 e. The quantitative estimate of drug-likeness (QED) is 0.781. The molecule has 3 fully saturated rings. The van der Waals surface area contributed by atoms with Crippen molar-refractivity contribution in [2.45, 2.75) is 62.7 Å². The van der Waals surface area contributed by atoms with Crippen molar-refractivity contribution in [3.63, 3.8) is 0 Å². The molecule has 2 unspecified atom stereocenters. The fourth-order valence-electron chi connectivity index (χ4n) is 4.06. The number of hydrogen-bond acceptors (Lipinski definition) is 3. The highest BCUT2D eigenvalue weighted by molar-refractivity contribution is 4.97. The Morgan fingerprint density at radius 3 is 2.00 bits per heavy atom. The molecule has 0 aromatic heterocycles. The van der Waals surface area contributed by atoms with Crippen LogP contribution in [0.3, 0.4) is 0 Å². The third-order valence-corrected chi connectivity index (χ3v) is 5.29. The van der Waals surface area contributed by atoms with Crippen LogP contribution in [0.1, 0.15) is 38.5 Å². The van der Waals surface area contributed by atoms with Gasteiger partial charge in [0.15, 0.2) is 0 Å². The van der Waals surface area contributed by atoms with E-state index in [0.29, 0.717) is 0 Å². The van der Waals surface area contributed by atoms with Crippen LogP contribution < -0.4 is 5.32 Å². The topological polar surface area (TPSA) is 18.5 Å². The van der Waals surface area contributed by atoms with Crippen LogP contribution in [0.2, 0.25) is 0 Å². The van der Waals surface area contributed by atoms with E-state index in [0.717, 1.165) is 24.2 Å². The van der Waals surface area contributed by atoms with Gasteiger partial charge in [0.25, 0.3) is 0 Å². The lowest BCUT2D eigenvalue weighted by molar-refractivity contribution is 0.132. The van der Waals surface area contributed by atoms with Crippen LogP contribution in [0.15, 0.2) is 0 Å². The van der Waals surface area contributed by atoms with Crippen molar-refractivity contribution in [1.29, 1.82) is 0 Å². The fraction of sp³-hybridized carbons (Fsp3) is 1.00. The van der Waals surface area contributed by atoms with Crippen LogP contribution in [0, 0.1) is 0 Å². The van der Waals surface area contributed by atoms with Crippen molar-refractivity contribution in [2.24, 2.45) is 0 Å². The average Bonchev–Trinajstić information content (AvgIpc) is 2.55. The van der Waals surface area contributed by atoms with E-state index in [9.17, 15) is 0 Å². The predicted octanol–water partition coefficient (Wildman–Crippen LogP) is 1.30. The van der Waals surface area contributed by atoms with Crippen molar-refractivity contribution < 1.29 is 0 Å². The van der Waals surface area contributed by atoms with Crippen molar-refractivity contribution in [3.8, 4) is 0 Å². The van der Waals surface area contributed by atoms with E-state index in [1.807, 2.05) is 0 Å². The van der Waals surface area contributed by atoms with Crippen LogP contribution in [-0.2, 0) is 0 Å². The predicted molar refractivity (Wildman–Crippen MR) is 71.2 cm³/mol. The number of fused-ring (bicyclic) bond motifs is 2. The van der Waals surface area contributed by atoms with Crippen LogP contribution in [0.5, 0.6) is 0 Å². The highest BCUT2D eigenvalue weighted by atomic mass is 15.2. The molecule has 3 heterocycles. The zero-order chi connectivity index (χ0) is 11.8. The first kappa shape index (κ1) is 11.9. The summed E-state index contributed by atoms with van der Waals surface area (Å²) in [6, 6.07) is 3.34. The van der Waals surface area contributed by atoms with Crippen LogP contribution in [0.25, 0.3) is 0 Å². The average molecular weight is 237 g/mol. The molecule has 3 heteroatoms. The molecule has 0 saturated carbocycles. The highest BCUT2D eigenvalue weighted by Crippen LogP contribution is 2.34. The zero-order valence-electron chi connectivity index (χ0n) is 11.4. The molecule has 0 aliphatic carbocycles. The molecule has 0 amide bonds. The first-order chi connectivity index (χ1) is 8.22. The summed E-state index contributed by atoms with van der Waals surface area (Å²) in [5.74, 6) is 0. The van der Waals surface area contributed by atoms with Gasteiger partial charge in [-0.2, -0.15) is 0 Å². The van der Waals surface area contributed by atoms with Crippen LogP contribution in [0.4, 0.5) is 0 Å². The van der Waals surface area contributed by atoms with E-state index in [1.165, 1.54) is 51.6 Å². The monoisotopic (exact) mass is 237 g/mol. The fourth-order valence-corrected chi connectivity index (χ4v) is 4.06. The van der Waals surface area contributed by atoms with Gasteiger partial charge < -0.3 is 15.1 Å². The minimum Gasteiger partial charge on any atom is -0.311 e. The van der Waals surface area contributed by atoms with Gasteiger partial charge in [-0.05, 0) is 65.7 Å². The second kappa shape index (κ2) is 4.87. The summed E-state index contributed by atoms with van der Waals surface area (Å²) < 4.78 is 0. The SMILES string of the molecule is CN1CCC(NC2CC3CCC(C2)N3C)CC1. The Balaban J connectivity index is 1.50. The summed E-state index contributed by atoms with van der Waals surface area (Å²) in [6.07, 6.45) is 8.34. The van der Waals surface area contributed by atoms with Crippen LogP contribution >= 0.6 is 0 Å². The Bertz CT molecular complexity index is 246. The van der Waals surface area contributed by atoms with Crippen molar-refractivity contribution in [3.05, 3.63) is 0 Å². The van der Waals surface area contributed by atoms with E-state index in [-0.39, 0.29) is 0 Å². The van der Waals surface area contributed by atoms with Crippen LogP contribution in [-0.4, -0.2) is 61.2 Å². The van der Waals surface area contributed by atoms with Gasteiger partial charge in [-0.25, -0.2) is 0 Å². The van der Waals surface area contributed by atoms with Gasteiger partial charge in [-0.15, -0.1) is 0 Å². The first-order valence-corrected chi connectivity index (χ1v) is 7.39. The van der Waals surface area contributed by atoms with Gasteiger partial charge in [0.05, 0.1) is 0 Å². The molecular weight excluding hydrogens is 210 g/mol. The molecular formula is C14H27N3. The summed E-state index contributed by atoms with van der Waals surface area (Å²) in [7, 11) is 4.57. The zero-order valence-corrected chi connectivity index (χ0v) is 11.4. The molecule has 3 nitrogen and oxygen atoms in total. The number of nitrogens with zero attached hydrogens (tertiary/aromatic N) is 2.